The Hall–Kier alpha value is -2.78. The third-order valence-electron chi connectivity index (χ3n) is 6.62. The van der Waals surface area contributed by atoms with Crippen molar-refractivity contribution in [2.45, 2.75) is 38.3 Å². The Bertz CT molecular complexity index is 1060. The van der Waals surface area contributed by atoms with Crippen molar-refractivity contribution in [1.29, 1.82) is 0 Å². The smallest absolute Gasteiger partial charge is 0.338 e. The van der Waals surface area contributed by atoms with Crippen LogP contribution in [-0.2, 0) is 14.3 Å². The second kappa shape index (κ2) is 10.2. The van der Waals surface area contributed by atoms with E-state index in [-0.39, 0.29) is 12.3 Å². The number of likely N-dealkylation sites (tertiary alicyclic amines) is 1. The molecule has 0 aliphatic carbocycles. The van der Waals surface area contributed by atoms with E-state index in [0.29, 0.717) is 29.5 Å². The summed E-state index contributed by atoms with van der Waals surface area (Å²) in [4.78, 5) is 37.1. The number of amides is 1. The number of hydrogen-bond donors (Lipinski definition) is 0. The average molecular weight is 485 g/mol. The highest BCUT2D eigenvalue weighted by Crippen LogP contribution is 2.46. The summed E-state index contributed by atoms with van der Waals surface area (Å²) in [5.41, 5.74) is 2.92. The molecular formula is C25H32N4O4S. The number of methoxy groups -OCH3 is 2. The first kappa shape index (κ1) is 24.3. The molecule has 0 N–H and O–H groups in total. The van der Waals surface area contributed by atoms with Gasteiger partial charge in [0.15, 0.2) is 5.17 Å². The second-order valence-corrected chi connectivity index (χ2v) is 9.64. The van der Waals surface area contributed by atoms with E-state index in [0.717, 1.165) is 35.9 Å². The van der Waals surface area contributed by atoms with E-state index < -0.39 is 12.0 Å². The van der Waals surface area contributed by atoms with Gasteiger partial charge in [0.2, 0.25) is 5.91 Å². The highest BCUT2D eigenvalue weighted by atomic mass is 32.2. The highest BCUT2D eigenvalue weighted by molar-refractivity contribution is 8.16. The lowest BCUT2D eigenvalue weighted by atomic mass is 9.92. The Balaban J connectivity index is 1.68. The summed E-state index contributed by atoms with van der Waals surface area (Å²) in [6, 6.07) is 7.60. The van der Waals surface area contributed by atoms with Crippen LogP contribution in [-0.4, -0.2) is 79.2 Å². The minimum atomic E-state index is -0.452. The number of nitrogens with zero attached hydrogens (tertiary/aromatic N) is 4. The Morgan fingerprint density at radius 2 is 2.06 bits per heavy atom. The second-order valence-electron chi connectivity index (χ2n) is 8.80. The van der Waals surface area contributed by atoms with Gasteiger partial charge in [-0.25, -0.2) is 9.79 Å². The zero-order chi connectivity index (χ0) is 24.4. The molecule has 1 fully saturated rings. The molecule has 9 heteroatoms. The summed E-state index contributed by atoms with van der Waals surface area (Å²) in [7, 11) is 7.11. The zero-order valence-corrected chi connectivity index (χ0v) is 21.2. The molecule has 0 spiro atoms. The van der Waals surface area contributed by atoms with Crippen molar-refractivity contribution >= 4 is 28.8 Å². The van der Waals surface area contributed by atoms with Crippen LogP contribution in [0.4, 0.5) is 0 Å². The first-order chi connectivity index (χ1) is 16.4. The van der Waals surface area contributed by atoms with Crippen LogP contribution in [0.15, 0.2) is 51.6 Å². The van der Waals surface area contributed by atoms with Crippen LogP contribution < -0.4 is 4.74 Å². The topological polar surface area (TPSA) is 74.7 Å². The number of ether oxygens (including phenoxy) is 2. The number of likely N-dealkylation sites (N-methyl/N-ethyl adjacent to an activating group) is 1. The number of hydrogen-bond acceptors (Lipinski definition) is 8. The molecule has 0 saturated carbocycles. The van der Waals surface area contributed by atoms with Crippen molar-refractivity contribution < 1.29 is 19.1 Å². The maximum atomic E-state index is 13.2. The number of thioether (sulfide) groups is 1. The van der Waals surface area contributed by atoms with Gasteiger partial charge in [-0.3, -0.25) is 4.79 Å². The van der Waals surface area contributed by atoms with Crippen LogP contribution in [0.25, 0.3) is 0 Å². The van der Waals surface area contributed by atoms with Crippen LogP contribution in [0, 0.1) is 0 Å². The lowest BCUT2D eigenvalue weighted by molar-refractivity contribution is -0.136. The maximum Gasteiger partial charge on any atom is 0.338 e. The van der Waals surface area contributed by atoms with Crippen LogP contribution >= 0.6 is 11.8 Å². The quantitative estimate of drug-likeness (QED) is 0.549. The normalized spacial score (nSPS) is 22.1. The zero-order valence-electron chi connectivity index (χ0n) is 20.4. The van der Waals surface area contributed by atoms with Crippen molar-refractivity contribution in [3.05, 3.63) is 52.2 Å². The fourth-order valence-corrected chi connectivity index (χ4v) is 5.63. The predicted octanol–water partition coefficient (Wildman–Crippen LogP) is 3.39. The highest BCUT2D eigenvalue weighted by Gasteiger charge is 2.42. The van der Waals surface area contributed by atoms with Crippen LogP contribution in [0.3, 0.4) is 0 Å². The first-order valence-electron chi connectivity index (χ1n) is 11.5. The van der Waals surface area contributed by atoms with Gasteiger partial charge < -0.3 is 24.2 Å². The van der Waals surface area contributed by atoms with E-state index in [4.69, 9.17) is 14.5 Å². The van der Waals surface area contributed by atoms with Crippen molar-refractivity contribution in [1.82, 2.24) is 14.7 Å². The molecule has 1 aromatic carbocycles. The SMILES string of the molecule is CCC1=C(C(=O)OC)C(c2cccc(OC)c2)N2C(CC(=O)N3CCC(N(C)C)C3)=CSC2=N1. The number of carbonyl (C=O) groups is 2. The van der Waals surface area contributed by atoms with E-state index in [1.807, 2.05) is 46.4 Å². The van der Waals surface area contributed by atoms with Gasteiger partial charge in [0.05, 0.1) is 38.0 Å². The molecule has 4 rings (SSSR count). The van der Waals surface area contributed by atoms with Crippen LogP contribution in [0.1, 0.15) is 37.8 Å². The summed E-state index contributed by atoms with van der Waals surface area (Å²) >= 11 is 1.49. The summed E-state index contributed by atoms with van der Waals surface area (Å²) in [6.07, 6.45) is 1.82. The molecule has 1 saturated heterocycles. The molecule has 8 nitrogen and oxygen atoms in total. The largest absolute Gasteiger partial charge is 0.497 e. The number of benzene rings is 1. The number of fused-ring (bicyclic) bond motifs is 1. The Labute approximate surface area is 205 Å². The van der Waals surface area contributed by atoms with E-state index in [2.05, 4.69) is 19.0 Å². The molecule has 2 atom stereocenters. The fraction of sp³-hybridized carbons (Fsp3) is 0.480. The van der Waals surface area contributed by atoms with Gasteiger partial charge in [0.25, 0.3) is 0 Å². The summed E-state index contributed by atoms with van der Waals surface area (Å²) in [5, 5.41) is 2.75. The molecule has 3 aliphatic heterocycles. The predicted molar refractivity (Wildman–Crippen MR) is 133 cm³/mol. The number of allylic oxidation sites excluding steroid dienone is 1. The molecule has 0 bridgehead atoms. The van der Waals surface area contributed by atoms with Crippen molar-refractivity contribution in [2.24, 2.45) is 4.99 Å². The molecule has 34 heavy (non-hydrogen) atoms. The van der Waals surface area contributed by atoms with E-state index in [1.54, 1.807) is 7.11 Å². The Kier molecular flexibility index (Phi) is 7.33. The van der Waals surface area contributed by atoms with Gasteiger partial charge in [-0.15, -0.1) is 0 Å². The van der Waals surface area contributed by atoms with E-state index in [9.17, 15) is 9.59 Å². The molecule has 2 unspecified atom stereocenters. The van der Waals surface area contributed by atoms with Crippen molar-refractivity contribution in [3.8, 4) is 5.75 Å². The minimum Gasteiger partial charge on any atom is -0.497 e. The van der Waals surface area contributed by atoms with Gasteiger partial charge in [-0.2, -0.15) is 0 Å². The molecule has 0 aromatic heterocycles. The Morgan fingerprint density at radius 3 is 2.71 bits per heavy atom. The van der Waals surface area contributed by atoms with E-state index in [1.165, 1.54) is 18.9 Å². The molecule has 0 radical (unpaired) electrons. The molecule has 3 heterocycles. The first-order valence-corrected chi connectivity index (χ1v) is 12.4. The third-order valence-corrected chi connectivity index (χ3v) is 7.51. The standard InChI is InChI=1S/C25H32N4O4S/c1-6-20-22(24(31)33-5)23(16-8-7-9-19(12-16)32-4)29-18(15-34-25(29)26-20)13-21(30)28-11-10-17(14-28)27(2)3/h7-9,12,15,17,23H,6,10-11,13-14H2,1-5H3. The van der Waals surface area contributed by atoms with Gasteiger partial charge in [0, 0.05) is 24.8 Å². The van der Waals surface area contributed by atoms with Gasteiger partial charge in [0.1, 0.15) is 5.75 Å². The molecule has 182 valence electrons. The minimum absolute atomic E-state index is 0.0896. The van der Waals surface area contributed by atoms with Crippen molar-refractivity contribution in [3.63, 3.8) is 0 Å². The van der Waals surface area contributed by atoms with Crippen LogP contribution in [0.2, 0.25) is 0 Å². The molecule has 1 aromatic rings. The summed E-state index contributed by atoms with van der Waals surface area (Å²) in [6.45, 7) is 3.47. The fourth-order valence-electron chi connectivity index (χ4n) is 4.70. The number of amidine groups is 1. The van der Waals surface area contributed by atoms with Crippen LogP contribution in [0.5, 0.6) is 5.75 Å². The summed E-state index contributed by atoms with van der Waals surface area (Å²) < 4.78 is 10.6. The average Bonchev–Trinajstić information content (AvgIpc) is 3.50. The number of rotatable bonds is 7. The third kappa shape index (κ3) is 4.59. The van der Waals surface area contributed by atoms with Gasteiger partial charge >= 0.3 is 5.97 Å². The number of esters is 1. The molecule has 1 amide bonds. The summed E-state index contributed by atoms with van der Waals surface area (Å²) in [5.74, 6) is 0.374. The monoisotopic (exact) mass is 484 g/mol. The Morgan fingerprint density at radius 1 is 1.26 bits per heavy atom. The van der Waals surface area contributed by atoms with Gasteiger partial charge in [-0.05, 0) is 50.0 Å². The van der Waals surface area contributed by atoms with Crippen molar-refractivity contribution in [2.75, 3.05) is 41.4 Å². The molecular weight excluding hydrogens is 452 g/mol. The lowest BCUT2D eigenvalue weighted by Gasteiger charge is -2.37. The van der Waals surface area contributed by atoms with Gasteiger partial charge in [-0.1, -0.05) is 30.8 Å². The number of aliphatic imine (C=N–C) groups is 1. The maximum absolute atomic E-state index is 13.2. The lowest BCUT2D eigenvalue weighted by Crippen LogP contribution is -2.39. The molecule has 3 aliphatic rings. The van der Waals surface area contributed by atoms with E-state index >= 15 is 0 Å². The number of carbonyl (C=O) groups excluding carboxylic acids is 2.